The number of nitrogens with one attached hydrogen (secondary N) is 1. The highest BCUT2D eigenvalue weighted by Gasteiger charge is 2.30. The van der Waals surface area contributed by atoms with Crippen molar-refractivity contribution in [3.63, 3.8) is 0 Å². The van der Waals surface area contributed by atoms with Crippen LogP contribution in [0.25, 0.3) is 10.2 Å². The van der Waals surface area contributed by atoms with Gasteiger partial charge >= 0.3 is 6.18 Å². The topological polar surface area (TPSA) is 59.1 Å². The van der Waals surface area contributed by atoms with Crippen LogP contribution in [-0.2, 0) is 22.6 Å². The van der Waals surface area contributed by atoms with Gasteiger partial charge in [-0.3, -0.25) is 4.72 Å². The number of nitrogens with zero attached hydrogens (tertiary/aromatic N) is 1. The van der Waals surface area contributed by atoms with E-state index in [0.29, 0.717) is 20.3 Å². The number of thiazole rings is 1. The molecule has 0 aliphatic heterocycles. The maximum atomic E-state index is 12.9. The van der Waals surface area contributed by atoms with E-state index in [1.54, 1.807) is 6.07 Å². The first-order valence-electron chi connectivity index (χ1n) is 9.15. The van der Waals surface area contributed by atoms with Gasteiger partial charge < -0.3 is 0 Å². The number of sulfonamides is 1. The van der Waals surface area contributed by atoms with Gasteiger partial charge in [0.2, 0.25) is 0 Å². The van der Waals surface area contributed by atoms with Crippen LogP contribution in [-0.4, -0.2) is 13.4 Å². The highest BCUT2D eigenvalue weighted by molar-refractivity contribution is 7.92. The van der Waals surface area contributed by atoms with Crippen molar-refractivity contribution >= 4 is 72.1 Å². The van der Waals surface area contributed by atoms with E-state index in [0.717, 1.165) is 12.1 Å². The van der Waals surface area contributed by atoms with E-state index in [1.165, 1.54) is 47.7 Å². The van der Waals surface area contributed by atoms with Crippen molar-refractivity contribution in [2.45, 2.75) is 17.5 Å². The molecule has 1 aromatic heterocycles. The van der Waals surface area contributed by atoms with Crippen molar-refractivity contribution in [2.75, 3.05) is 4.72 Å². The lowest BCUT2D eigenvalue weighted by molar-refractivity contribution is -0.137. The van der Waals surface area contributed by atoms with Gasteiger partial charge in [0.05, 0.1) is 31.5 Å². The van der Waals surface area contributed by atoms with Crippen LogP contribution in [0.1, 0.15) is 16.1 Å². The summed E-state index contributed by atoms with van der Waals surface area (Å²) in [4.78, 5) is 4.15. The number of hydrogen-bond donors (Lipinski definition) is 1. The molecule has 1 heterocycles. The lowest BCUT2D eigenvalue weighted by Gasteiger charge is -2.11. The van der Waals surface area contributed by atoms with Crippen LogP contribution in [0.2, 0.25) is 15.1 Å². The summed E-state index contributed by atoms with van der Waals surface area (Å²) < 4.78 is 67.1. The normalized spacial score (nSPS) is 12.3. The monoisotopic (exact) mass is 550 g/mol. The van der Waals surface area contributed by atoms with Gasteiger partial charge in [0, 0.05) is 16.5 Å². The molecule has 0 saturated heterocycles. The summed E-state index contributed by atoms with van der Waals surface area (Å²) in [6, 6.07) is 12.0. The summed E-state index contributed by atoms with van der Waals surface area (Å²) >= 11 is 19.4. The first-order chi connectivity index (χ1) is 15.4. The molecule has 3 aromatic carbocycles. The van der Waals surface area contributed by atoms with E-state index < -0.39 is 21.8 Å². The molecule has 0 aliphatic rings. The number of alkyl halides is 3. The molecule has 0 fully saturated rings. The molecular formula is C21H12Cl3F3N2O2S2. The molecular weight excluding hydrogens is 540 g/mol. The predicted molar refractivity (Wildman–Crippen MR) is 126 cm³/mol. The number of benzene rings is 3. The summed E-state index contributed by atoms with van der Waals surface area (Å²) in [5.74, 6) is 0. The Morgan fingerprint density at radius 2 is 1.70 bits per heavy atom. The largest absolute Gasteiger partial charge is 0.416 e. The number of halogens is 6. The van der Waals surface area contributed by atoms with Gasteiger partial charge in [0.25, 0.3) is 10.0 Å². The number of hydrogen-bond acceptors (Lipinski definition) is 4. The van der Waals surface area contributed by atoms with E-state index in [4.69, 9.17) is 34.8 Å². The SMILES string of the molecule is O=S(=O)(Nc1ccc(Cc2nc3cc(C(F)(F)F)ccc3s2)c(Cl)c1)c1ccc(Cl)cc1Cl. The Kier molecular flexibility index (Phi) is 6.54. The summed E-state index contributed by atoms with van der Waals surface area (Å²) in [5, 5.41) is 1.12. The number of aromatic nitrogens is 1. The highest BCUT2D eigenvalue weighted by Crippen LogP contribution is 2.34. The molecule has 0 atom stereocenters. The van der Waals surface area contributed by atoms with Crippen molar-refractivity contribution in [3.05, 3.63) is 85.8 Å². The van der Waals surface area contributed by atoms with Gasteiger partial charge in [-0.25, -0.2) is 13.4 Å². The second kappa shape index (κ2) is 8.96. The molecule has 0 aliphatic carbocycles. The highest BCUT2D eigenvalue weighted by atomic mass is 35.5. The van der Waals surface area contributed by atoms with Crippen molar-refractivity contribution < 1.29 is 21.6 Å². The quantitative estimate of drug-likeness (QED) is 0.277. The zero-order valence-corrected chi connectivity index (χ0v) is 20.2. The Labute approximate surface area is 206 Å². The molecule has 0 radical (unpaired) electrons. The van der Waals surface area contributed by atoms with Crippen LogP contribution in [0, 0.1) is 0 Å². The minimum Gasteiger partial charge on any atom is -0.280 e. The minimum absolute atomic E-state index is 0.0257. The van der Waals surface area contributed by atoms with Crippen LogP contribution in [0.5, 0.6) is 0 Å². The van der Waals surface area contributed by atoms with Crippen molar-refractivity contribution in [1.82, 2.24) is 4.98 Å². The summed E-state index contributed by atoms with van der Waals surface area (Å²) in [6.45, 7) is 0. The van der Waals surface area contributed by atoms with Crippen molar-refractivity contribution in [1.29, 1.82) is 0 Å². The van der Waals surface area contributed by atoms with Crippen molar-refractivity contribution in [3.8, 4) is 0 Å². The first-order valence-corrected chi connectivity index (χ1v) is 12.6. The maximum Gasteiger partial charge on any atom is 0.416 e. The molecule has 1 N–H and O–H groups in total. The van der Waals surface area contributed by atoms with Crippen LogP contribution < -0.4 is 4.72 Å². The molecule has 0 unspecified atom stereocenters. The molecule has 172 valence electrons. The Bertz CT molecular complexity index is 1470. The van der Waals surface area contributed by atoms with Gasteiger partial charge in [0.1, 0.15) is 4.90 Å². The number of rotatable bonds is 5. The fraction of sp³-hybridized carbons (Fsp3) is 0.0952. The smallest absolute Gasteiger partial charge is 0.280 e. The van der Waals surface area contributed by atoms with Crippen LogP contribution in [0.4, 0.5) is 18.9 Å². The van der Waals surface area contributed by atoms with E-state index in [2.05, 4.69) is 9.71 Å². The minimum atomic E-state index is -4.44. The van der Waals surface area contributed by atoms with E-state index in [-0.39, 0.29) is 32.6 Å². The molecule has 12 heteroatoms. The summed E-state index contributed by atoms with van der Waals surface area (Å²) in [7, 11) is -3.98. The van der Waals surface area contributed by atoms with E-state index in [1.807, 2.05) is 0 Å². The molecule has 0 bridgehead atoms. The third-order valence-corrected chi connectivity index (χ3v) is 8.08. The van der Waals surface area contributed by atoms with Crippen LogP contribution >= 0.6 is 46.1 Å². The van der Waals surface area contributed by atoms with Gasteiger partial charge in [-0.15, -0.1) is 11.3 Å². The third-order valence-electron chi connectivity index (χ3n) is 4.59. The second-order valence-electron chi connectivity index (χ2n) is 6.95. The zero-order valence-electron chi connectivity index (χ0n) is 16.3. The van der Waals surface area contributed by atoms with Gasteiger partial charge in [-0.2, -0.15) is 13.2 Å². The molecule has 4 nitrogen and oxygen atoms in total. The van der Waals surface area contributed by atoms with E-state index >= 15 is 0 Å². The average Bonchev–Trinajstić information content (AvgIpc) is 3.10. The summed E-state index contributed by atoms with van der Waals surface area (Å²) in [5.41, 5.74) is 0.348. The van der Waals surface area contributed by atoms with Crippen molar-refractivity contribution in [2.24, 2.45) is 0 Å². The van der Waals surface area contributed by atoms with Gasteiger partial charge in [0.15, 0.2) is 0 Å². The molecule has 0 amide bonds. The molecule has 33 heavy (non-hydrogen) atoms. The Balaban J connectivity index is 1.55. The average molecular weight is 552 g/mol. The molecule has 4 rings (SSSR count). The first kappa shape index (κ1) is 24.1. The van der Waals surface area contributed by atoms with Gasteiger partial charge in [-0.05, 0) is 54.1 Å². The van der Waals surface area contributed by atoms with E-state index in [9.17, 15) is 21.6 Å². The number of fused-ring (bicyclic) bond motifs is 1. The molecule has 0 saturated carbocycles. The number of anilines is 1. The fourth-order valence-corrected chi connectivity index (χ4v) is 6.09. The lowest BCUT2D eigenvalue weighted by Crippen LogP contribution is -2.13. The van der Waals surface area contributed by atoms with Gasteiger partial charge in [-0.1, -0.05) is 40.9 Å². The molecule has 0 spiro atoms. The maximum absolute atomic E-state index is 12.9. The van der Waals surface area contributed by atoms with Crippen LogP contribution in [0.15, 0.2) is 59.5 Å². The third kappa shape index (κ3) is 5.38. The lowest BCUT2D eigenvalue weighted by atomic mass is 10.1. The standard InChI is InChI=1S/C21H12Cl3F3N2O2S2/c22-13-3-6-19(16(24)9-13)33(30,31)29-14-4-1-11(15(23)10-14)7-20-28-17-8-12(21(25,26)27)2-5-18(17)32-20/h1-6,8-10,29H,7H2. The predicted octanol–water partition coefficient (Wildman–Crippen LogP) is 7.67. The Hall–Kier alpha value is -2.04. The summed E-state index contributed by atoms with van der Waals surface area (Å²) in [6.07, 6.45) is -4.17. The Morgan fingerprint density at radius 3 is 2.36 bits per heavy atom. The van der Waals surface area contributed by atoms with Crippen LogP contribution in [0.3, 0.4) is 0 Å². The molecule has 4 aromatic rings. The second-order valence-corrected chi connectivity index (χ2v) is 11.0. The zero-order chi connectivity index (χ0) is 24.0. The Morgan fingerprint density at radius 1 is 0.939 bits per heavy atom. The fourth-order valence-electron chi connectivity index (χ4n) is 3.05.